The molecule has 1 heterocycles. The van der Waals surface area contributed by atoms with E-state index in [0.29, 0.717) is 5.92 Å². The van der Waals surface area contributed by atoms with E-state index >= 15 is 0 Å². The monoisotopic (exact) mass is 228 g/mol. The SMILES string of the molecule is COC(C)(C)Cn1c(C(C)C)c[nH]c1=S. The van der Waals surface area contributed by atoms with Gasteiger partial charge in [0, 0.05) is 19.0 Å². The highest BCUT2D eigenvalue weighted by Crippen LogP contribution is 2.19. The van der Waals surface area contributed by atoms with Crippen molar-refractivity contribution >= 4 is 12.2 Å². The van der Waals surface area contributed by atoms with E-state index in [1.165, 1.54) is 5.69 Å². The fourth-order valence-corrected chi connectivity index (χ4v) is 1.72. The van der Waals surface area contributed by atoms with Gasteiger partial charge in [0.15, 0.2) is 4.77 Å². The van der Waals surface area contributed by atoms with Crippen LogP contribution in [-0.4, -0.2) is 22.3 Å². The molecule has 1 N–H and O–H groups in total. The molecule has 0 saturated carbocycles. The van der Waals surface area contributed by atoms with Crippen LogP contribution in [0, 0.1) is 4.77 Å². The Bertz CT molecular complexity index is 376. The fourth-order valence-electron chi connectivity index (χ4n) is 1.50. The number of rotatable bonds is 4. The Kier molecular flexibility index (Phi) is 3.73. The normalized spacial score (nSPS) is 12.4. The third kappa shape index (κ3) is 2.92. The predicted octanol–water partition coefficient (Wildman–Crippen LogP) is 3.09. The average Bonchev–Trinajstić information content (AvgIpc) is 2.48. The second kappa shape index (κ2) is 4.49. The van der Waals surface area contributed by atoms with Crippen LogP contribution in [0.3, 0.4) is 0 Å². The molecule has 0 amide bonds. The van der Waals surface area contributed by atoms with E-state index in [1.54, 1.807) is 7.11 Å². The summed E-state index contributed by atoms with van der Waals surface area (Å²) in [6, 6.07) is 0. The summed E-state index contributed by atoms with van der Waals surface area (Å²) < 4.78 is 8.30. The highest BCUT2D eigenvalue weighted by molar-refractivity contribution is 7.71. The molecule has 0 aliphatic rings. The number of methoxy groups -OCH3 is 1. The van der Waals surface area contributed by atoms with Crippen LogP contribution in [0.15, 0.2) is 6.20 Å². The van der Waals surface area contributed by atoms with Crippen LogP contribution in [-0.2, 0) is 11.3 Å². The second-order valence-corrected chi connectivity index (χ2v) is 5.11. The van der Waals surface area contributed by atoms with Gasteiger partial charge in [0.1, 0.15) is 0 Å². The van der Waals surface area contributed by atoms with Crippen molar-refractivity contribution < 1.29 is 4.74 Å². The molecule has 0 aliphatic carbocycles. The molecule has 86 valence electrons. The number of hydrogen-bond donors (Lipinski definition) is 1. The molecule has 0 atom stereocenters. The molecular weight excluding hydrogens is 208 g/mol. The number of ether oxygens (including phenoxy) is 1. The van der Waals surface area contributed by atoms with Gasteiger partial charge in [0.25, 0.3) is 0 Å². The number of aromatic nitrogens is 2. The number of H-pyrrole nitrogens is 1. The Labute approximate surface area is 96.5 Å². The van der Waals surface area contributed by atoms with Crippen molar-refractivity contribution in [2.24, 2.45) is 0 Å². The highest BCUT2D eigenvalue weighted by atomic mass is 32.1. The molecule has 15 heavy (non-hydrogen) atoms. The van der Waals surface area contributed by atoms with Crippen LogP contribution in [0.2, 0.25) is 0 Å². The first-order chi connectivity index (χ1) is 6.87. The van der Waals surface area contributed by atoms with Crippen LogP contribution >= 0.6 is 12.2 Å². The zero-order valence-corrected chi connectivity index (χ0v) is 10.9. The summed E-state index contributed by atoms with van der Waals surface area (Å²) in [5, 5.41) is 0. The Hall–Kier alpha value is -0.610. The molecule has 0 unspecified atom stereocenters. The second-order valence-electron chi connectivity index (χ2n) is 4.72. The lowest BCUT2D eigenvalue weighted by Gasteiger charge is -2.25. The van der Waals surface area contributed by atoms with Crippen LogP contribution in [0.5, 0.6) is 0 Å². The summed E-state index contributed by atoms with van der Waals surface area (Å²) in [6.07, 6.45) is 1.98. The molecule has 0 fully saturated rings. The van der Waals surface area contributed by atoms with E-state index in [1.807, 2.05) is 6.20 Å². The van der Waals surface area contributed by atoms with Gasteiger partial charge in [-0.25, -0.2) is 0 Å². The molecule has 3 nitrogen and oxygen atoms in total. The molecule has 1 rings (SSSR count). The molecule has 4 heteroatoms. The van der Waals surface area contributed by atoms with Crippen LogP contribution in [0.25, 0.3) is 0 Å². The van der Waals surface area contributed by atoms with Gasteiger partial charge < -0.3 is 14.3 Å². The minimum atomic E-state index is -0.190. The predicted molar refractivity (Wildman–Crippen MR) is 64.8 cm³/mol. The Balaban J connectivity index is 3.03. The van der Waals surface area contributed by atoms with Crippen molar-refractivity contribution in [3.63, 3.8) is 0 Å². The molecule has 1 aromatic heterocycles. The molecule has 0 bridgehead atoms. The van der Waals surface area contributed by atoms with Gasteiger partial charge in [-0.15, -0.1) is 0 Å². The number of nitrogens with one attached hydrogen (secondary N) is 1. The zero-order chi connectivity index (χ0) is 11.6. The summed E-state index contributed by atoms with van der Waals surface area (Å²) in [7, 11) is 1.73. The Morgan fingerprint density at radius 3 is 2.60 bits per heavy atom. The smallest absolute Gasteiger partial charge is 0.177 e. The summed E-state index contributed by atoms with van der Waals surface area (Å²) >= 11 is 5.26. The van der Waals surface area contributed by atoms with Gasteiger partial charge in [0.2, 0.25) is 0 Å². The summed E-state index contributed by atoms with van der Waals surface area (Å²) in [6.45, 7) is 9.22. The maximum Gasteiger partial charge on any atom is 0.177 e. The zero-order valence-electron chi connectivity index (χ0n) is 10.1. The molecule has 0 spiro atoms. The van der Waals surface area contributed by atoms with Gasteiger partial charge in [-0.3, -0.25) is 0 Å². The minimum Gasteiger partial charge on any atom is -0.377 e. The van der Waals surface area contributed by atoms with Crippen molar-refractivity contribution in [3.05, 3.63) is 16.7 Å². The number of hydrogen-bond acceptors (Lipinski definition) is 2. The van der Waals surface area contributed by atoms with Crippen molar-refractivity contribution in [2.75, 3.05) is 7.11 Å². The maximum absolute atomic E-state index is 5.42. The summed E-state index contributed by atoms with van der Waals surface area (Å²) in [5.41, 5.74) is 1.04. The van der Waals surface area contributed by atoms with E-state index in [-0.39, 0.29) is 5.60 Å². The molecule has 0 aliphatic heterocycles. The number of nitrogens with zero attached hydrogens (tertiary/aromatic N) is 1. The number of imidazole rings is 1. The van der Waals surface area contributed by atoms with E-state index in [0.717, 1.165) is 11.3 Å². The fraction of sp³-hybridized carbons (Fsp3) is 0.727. The molecule has 0 saturated heterocycles. The highest BCUT2D eigenvalue weighted by Gasteiger charge is 2.20. The Morgan fingerprint density at radius 1 is 1.53 bits per heavy atom. The van der Waals surface area contributed by atoms with Gasteiger partial charge in [-0.1, -0.05) is 13.8 Å². The standard InChI is InChI=1S/C11H20N2OS/c1-8(2)9-6-12-10(15)13(9)7-11(3,4)14-5/h6,8H,7H2,1-5H3,(H,12,15). The quantitative estimate of drug-likeness (QED) is 0.803. The third-order valence-electron chi connectivity index (χ3n) is 2.58. The number of aromatic amines is 1. The molecule has 0 radical (unpaired) electrons. The molecule has 1 aromatic rings. The van der Waals surface area contributed by atoms with Gasteiger partial charge in [-0.05, 0) is 32.0 Å². The first-order valence-corrected chi connectivity index (χ1v) is 5.61. The third-order valence-corrected chi connectivity index (χ3v) is 2.92. The minimum absolute atomic E-state index is 0.190. The van der Waals surface area contributed by atoms with Gasteiger partial charge >= 0.3 is 0 Å². The van der Waals surface area contributed by atoms with Crippen LogP contribution in [0.4, 0.5) is 0 Å². The Morgan fingerprint density at radius 2 is 2.13 bits per heavy atom. The summed E-state index contributed by atoms with van der Waals surface area (Å²) in [5.74, 6) is 0.464. The van der Waals surface area contributed by atoms with Gasteiger partial charge in [0.05, 0.1) is 12.1 Å². The lowest BCUT2D eigenvalue weighted by Crippen LogP contribution is -2.30. The van der Waals surface area contributed by atoms with Crippen molar-refractivity contribution in [1.29, 1.82) is 0 Å². The summed E-state index contributed by atoms with van der Waals surface area (Å²) in [4.78, 5) is 3.09. The van der Waals surface area contributed by atoms with Crippen LogP contribution in [0.1, 0.15) is 39.3 Å². The van der Waals surface area contributed by atoms with Crippen molar-refractivity contribution in [1.82, 2.24) is 9.55 Å². The lowest BCUT2D eigenvalue weighted by atomic mass is 10.1. The van der Waals surface area contributed by atoms with Crippen molar-refractivity contribution in [2.45, 2.75) is 45.8 Å². The van der Waals surface area contributed by atoms with E-state index in [2.05, 4.69) is 37.2 Å². The topological polar surface area (TPSA) is 29.9 Å². The first-order valence-electron chi connectivity index (χ1n) is 5.20. The lowest BCUT2D eigenvalue weighted by molar-refractivity contribution is 0.00716. The first kappa shape index (κ1) is 12.5. The van der Waals surface area contributed by atoms with Crippen molar-refractivity contribution in [3.8, 4) is 0 Å². The molecule has 0 aromatic carbocycles. The van der Waals surface area contributed by atoms with E-state index in [4.69, 9.17) is 17.0 Å². The molecular formula is C11H20N2OS. The van der Waals surface area contributed by atoms with E-state index < -0.39 is 0 Å². The average molecular weight is 228 g/mol. The largest absolute Gasteiger partial charge is 0.377 e. The van der Waals surface area contributed by atoms with Gasteiger partial charge in [-0.2, -0.15) is 0 Å². The maximum atomic E-state index is 5.42. The van der Waals surface area contributed by atoms with E-state index in [9.17, 15) is 0 Å². The van der Waals surface area contributed by atoms with Crippen LogP contribution < -0.4 is 0 Å².